The van der Waals surface area contributed by atoms with Crippen LogP contribution >= 0.6 is 12.4 Å². The quantitative estimate of drug-likeness (QED) is 0.827. The molecule has 1 aromatic rings. The van der Waals surface area contributed by atoms with Crippen molar-refractivity contribution < 1.29 is 9.59 Å². The molecule has 20 heavy (non-hydrogen) atoms. The standard InChI is InChI=1S/C14H19N3O2.ClH/c1-10-4-5-11(15)8-12(10)14(19)16-9-13(18)17-6-2-3-7-17;/h4-5,8H,2-3,6-7,9,15H2,1H3,(H,16,19);1H. The predicted molar refractivity (Wildman–Crippen MR) is 81.0 cm³/mol. The van der Waals surface area contributed by atoms with E-state index >= 15 is 0 Å². The van der Waals surface area contributed by atoms with Gasteiger partial charge in [0.1, 0.15) is 0 Å². The van der Waals surface area contributed by atoms with Gasteiger partial charge in [-0.25, -0.2) is 0 Å². The van der Waals surface area contributed by atoms with Gasteiger partial charge in [-0.05, 0) is 37.5 Å². The van der Waals surface area contributed by atoms with Gasteiger partial charge in [-0.2, -0.15) is 0 Å². The Morgan fingerprint density at radius 1 is 1.30 bits per heavy atom. The van der Waals surface area contributed by atoms with Gasteiger partial charge in [0.05, 0.1) is 6.54 Å². The summed E-state index contributed by atoms with van der Waals surface area (Å²) in [6.45, 7) is 3.49. The number of halogens is 1. The fourth-order valence-electron chi connectivity index (χ4n) is 2.21. The van der Waals surface area contributed by atoms with Gasteiger partial charge in [0.25, 0.3) is 5.91 Å². The van der Waals surface area contributed by atoms with Gasteiger partial charge < -0.3 is 16.0 Å². The molecule has 0 unspecified atom stereocenters. The van der Waals surface area contributed by atoms with Crippen LogP contribution in [0.3, 0.4) is 0 Å². The molecule has 1 aliphatic rings. The minimum Gasteiger partial charge on any atom is -0.399 e. The molecule has 6 heteroatoms. The van der Waals surface area contributed by atoms with Crippen molar-refractivity contribution in [3.8, 4) is 0 Å². The Morgan fingerprint density at radius 2 is 1.95 bits per heavy atom. The maximum absolute atomic E-state index is 12.0. The summed E-state index contributed by atoms with van der Waals surface area (Å²) >= 11 is 0. The third-order valence-corrected chi connectivity index (χ3v) is 3.37. The SMILES string of the molecule is Cc1ccc(N)cc1C(=O)NCC(=O)N1CCCC1.Cl. The van der Waals surface area contributed by atoms with Crippen LogP contribution in [0, 0.1) is 6.92 Å². The highest BCUT2D eigenvalue weighted by Gasteiger charge is 2.18. The average Bonchev–Trinajstić information content (AvgIpc) is 2.92. The Balaban J connectivity index is 0.00000200. The molecule has 0 aliphatic carbocycles. The van der Waals surface area contributed by atoms with Crippen LogP contribution in [0.2, 0.25) is 0 Å². The molecule has 1 heterocycles. The minimum absolute atomic E-state index is 0. The first-order chi connectivity index (χ1) is 9.08. The molecule has 0 atom stereocenters. The van der Waals surface area contributed by atoms with Crippen molar-refractivity contribution in [3.05, 3.63) is 29.3 Å². The number of aryl methyl sites for hydroxylation is 1. The Kier molecular flexibility index (Phi) is 5.82. The van der Waals surface area contributed by atoms with Crippen LogP contribution in [0.25, 0.3) is 0 Å². The lowest BCUT2D eigenvalue weighted by atomic mass is 10.1. The largest absolute Gasteiger partial charge is 0.399 e. The summed E-state index contributed by atoms with van der Waals surface area (Å²) in [6.07, 6.45) is 2.10. The minimum atomic E-state index is -0.252. The van der Waals surface area contributed by atoms with Crippen molar-refractivity contribution >= 4 is 29.9 Å². The Bertz CT molecular complexity index is 499. The zero-order valence-corrected chi connectivity index (χ0v) is 12.3. The second kappa shape index (κ2) is 7.14. The second-order valence-corrected chi connectivity index (χ2v) is 4.84. The zero-order valence-electron chi connectivity index (χ0n) is 11.5. The monoisotopic (exact) mass is 297 g/mol. The molecule has 0 saturated carbocycles. The summed E-state index contributed by atoms with van der Waals surface area (Å²) in [7, 11) is 0. The van der Waals surface area contributed by atoms with Gasteiger partial charge in [0.2, 0.25) is 5.91 Å². The lowest BCUT2D eigenvalue weighted by Gasteiger charge is -2.15. The summed E-state index contributed by atoms with van der Waals surface area (Å²) in [5.41, 5.74) is 7.58. The van der Waals surface area contributed by atoms with Crippen LogP contribution in [0.5, 0.6) is 0 Å². The molecule has 2 rings (SSSR count). The van der Waals surface area contributed by atoms with Crippen LogP contribution in [0.15, 0.2) is 18.2 Å². The maximum Gasteiger partial charge on any atom is 0.252 e. The smallest absolute Gasteiger partial charge is 0.252 e. The summed E-state index contributed by atoms with van der Waals surface area (Å²) in [6, 6.07) is 5.18. The number of carbonyl (C=O) groups is 2. The molecule has 3 N–H and O–H groups in total. The molecule has 110 valence electrons. The van der Waals surface area contributed by atoms with E-state index in [4.69, 9.17) is 5.73 Å². The van der Waals surface area contributed by atoms with Gasteiger partial charge in [0, 0.05) is 24.3 Å². The number of rotatable bonds is 3. The first-order valence-electron chi connectivity index (χ1n) is 6.50. The number of anilines is 1. The fraction of sp³-hybridized carbons (Fsp3) is 0.429. The van der Waals surface area contributed by atoms with E-state index in [0.717, 1.165) is 31.5 Å². The Hall–Kier alpha value is -1.75. The Labute approximate surface area is 124 Å². The summed E-state index contributed by atoms with van der Waals surface area (Å²) in [5.74, 6) is -0.273. The van der Waals surface area contributed by atoms with E-state index in [1.54, 1.807) is 23.1 Å². The number of carbonyl (C=O) groups excluding carboxylic acids is 2. The van der Waals surface area contributed by atoms with Crippen LogP contribution in [-0.2, 0) is 4.79 Å². The Morgan fingerprint density at radius 3 is 2.60 bits per heavy atom. The first kappa shape index (κ1) is 16.3. The second-order valence-electron chi connectivity index (χ2n) is 4.84. The van der Waals surface area contributed by atoms with E-state index in [1.807, 2.05) is 6.92 Å². The van der Waals surface area contributed by atoms with E-state index in [0.29, 0.717) is 11.3 Å². The predicted octanol–water partition coefficient (Wildman–Crippen LogP) is 1.35. The summed E-state index contributed by atoms with van der Waals surface area (Å²) in [4.78, 5) is 25.6. The average molecular weight is 298 g/mol. The normalized spacial score (nSPS) is 13.8. The number of likely N-dealkylation sites (tertiary alicyclic amines) is 1. The first-order valence-corrected chi connectivity index (χ1v) is 6.50. The van der Waals surface area contributed by atoms with Crippen molar-refractivity contribution in [2.75, 3.05) is 25.4 Å². The number of nitrogens with zero attached hydrogens (tertiary/aromatic N) is 1. The topological polar surface area (TPSA) is 75.4 Å². The van der Waals surface area contributed by atoms with Crippen LogP contribution < -0.4 is 11.1 Å². The molecule has 1 aliphatic heterocycles. The lowest BCUT2D eigenvalue weighted by Crippen LogP contribution is -2.38. The molecule has 0 radical (unpaired) electrons. The van der Waals surface area contributed by atoms with Crippen LogP contribution in [0.4, 0.5) is 5.69 Å². The number of nitrogens with two attached hydrogens (primary N) is 1. The molecular weight excluding hydrogens is 278 g/mol. The van der Waals surface area contributed by atoms with Crippen molar-refractivity contribution in [2.45, 2.75) is 19.8 Å². The summed E-state index contributed by atoms with van der Waals surface area (Å²) < 4.78 is 0. The molecule has 5 nitrogen and oxygen atoms in total. The van der Waals surface area contributed by atoms with Crippen LogP contribution in [0.1, 0.15) is 28.8 Å². The van der Waals surface area contributed by atoms with Crippen LogP contribution in [-0.4, -0.2) is 36.3 Å². The molecule has 2 amide bonds. The van der Waals surface area contributed by atoms with E-state index < -0.39 is 0 Å². The fourth-order valence-corrected chi connectivity index (χ4v) is 2.21. The van der Waals surface area contributed by atoms with Gasteiger partial charge in [0.15, 0.2) is 0 Å². The van der Waals surface area contributed by atoms with Gasteiger partial charge in [-0.1, -0.05) is 6.07 Å². The summed E-state index contributed by atoms with van der Waals surface area (Å²) in [5, 5.41) is 2.66. The third kappa shape index (κ3) is 3.87. The molecule has 1 fully saturated rings. The van der Waals surface area contributed by atoms with E-state index in [2.05, 4.69) is 5.32 Å². The van der Waals surface area contributed by atoms with Gasteiger partial charge >= 0.3 is 0 Å². The van der Waals surface area contributed by atoms with E-state index in [-0.39, 0.29) is 30.8 Å². The number of hydrogen-bond acceptors (Lipinski definition) is 3. The number of amides is 2. The number of benzene rings is 1. The van der Waals surface area contributed by atoms with Gasteiger partial charge in [-0.3, -0.25) is 9.59 Å². The highest BCUT2D eigenvalue weighted by molar-refractivity contribution is 5.98. The van der Waals surface area contributed by atoms with Crippen molar-refractivity contribution in [1.29, 1.82) is 0 Å². The number of nitrogen functional groups attached to an aromatic ring is 1. The van der Waals surface area contributed by atoms with E-state index in [9.17, 15) is 9.59 Å². The van der Waals surface area contributed by atoms with E-state index in [1.165, 1.54) is 0 Å². The highest BCUT2D eigenvalue weighted by Crippen LogP contribution is 2.12. The number of hydrogen-bond donors (Lipinski definition) is 2. The molecule has 0 bridgehead atoms. The molecule has 0 spiro atoms. The molecule has 1 aromatic carbocycles. The zero-order chi connectivity index (χ0) is 13.8. The highest BCUT2D eigenvalue weighted by atomic mass is 35.5. The van der Waals surface area contributed by atoms with Crippen molar-refractivity contribution in [2.24, 2.45) is 0 Å². The molecule has 0 aromatic heterocycles. The lowest BCUT2D eigenvalue weighted by molar-refractivity contribution is -0.129. The van der Waals surface area contributed by atoms with Gasteiger partial charge in [-0.15, -0.1) is 12.4 Å². The third-order valence-electron chi connectivity index (χ3n) is 3.37. The molecule has 1 saturated heterocycles. The van der Waals surface area contributed by atoms with Crippen molar-refractivity contribution in [1.82, 2.24) is 10.2 Å². The molecular formula is C14H20ClN3O2. The maximum atomic E-state index is 12.0. The van der Waals surface area contributed by atoms with Crippen molar-refractivity contribution in [3.63, 3.8) is 0 Å². The number of nitrogens with one attached hydrogen (secondary N) is 1.